The molecule has 0 spiro atoms. The molecule has 1 aliphatic carbocycles. The summed E-state index contributed by atoms with van der Waals surface area (Å²) in [6.45, 7) is 13.6. The lowest BCUT2D eigenvalue weighted by Crippen LogP contribution is -2.42. The van der Waals surface area contributed by atoms with Crippen molar-refractivity contribution in [2.45, 2.75) is 56.9 Å². The van der Waals surface area contributed by atoms with Crippen molar-refractivity contribution in [2.75, 3.05) is 0 Å². The van der Waals surface area contributed by atoms with Crippen LogP contribution in [0, 0.1) is 0 Å². The molecule has 0 amide bonds. The molecule has 0 radical (unpaired) electrons. The fourth-order valence-corrected chi connectivity index (χ4v) is 6.59. The highest BCUT2D eigenvalue weighted by atomic mass is 28.4. The van der Waals surface area contributed by atoms with Crippen LogP contribution in [0.4, 0.5) is 0 Å². The molecule has 0 aromatic heterocycles. The molecule has 134 valence electrons. The lowest BCUT2D eigenvalue weighted by molar-refractivity contribution is 0.0398. The van der Waals surface area contributed by atoms with Crippen LogP contribution in [0.2, 0.25) is 39.3 Å². The van der Waals surface area contributed by atoms with Crippen LogP contribution >= 0.6 is 0 Å². The minimum Gasteiger partial charge on any atom is -0.405 e. The van der Waals surface area contributed by atoms with E-state index in [2.05, 4.69) is 99.9 Å². The van der Waals surface area contributed by atoms with E-state index >= 15 is 0 Å². The van der Waals surface area contributed by atoms with Gasteiger partial charge in [-0.15, -0.1) is 0 Å². The van der Waals surface area contributed by atoms with Crippen LogP contribution in [0.1, 0.15) is 17.5 Å². The lowest BCUT2D eigenvalue weighted by atomic mass is 9.98. The average molecular weight is 371 g/mol. The number of rotatable bonds is 6. The standard InChI is InChI=1S/C21H30O2Si2/c1-24(2,3)22-20(18-13-9-7-10-14-18)17-21(20,23-25(4,5)6)19-15-11-8-12-16-19/h7-16H,17H2,1-6H3/t20-,21+. The second-order valence-corrected chi connectivity index (χ2v) is 17.8. The second kappa shape index (κ2) is 6.20. The van der Waals surface area contributed by atoms with Crippen molar-refractivity contribution >= 4 is 16.6 Å². The van der Waals surface area contributed by atoms with Gasteiger partial charge < -0.3 is 8.85 Å². The van der Waals surface area contributed by atoms with E-state index in [0.717, 1.165) is 6.42 Å². The van der Waals surface area contributed by atoms with Crippen molar-refractivity contribution in [1.82, 2.24) is 0 Å². The first-order valence-electron chi connectivity index (χ1n) is 9.09. The summed E-state index contributed by atoms with van der Waals surface area (Å²) in [6, 6.07) is 21.3. The van der Waals surface area contributed by atoms with E-state index in [1.165, 1.54) is 11.1 Å². The zero-order chi connectivity index (χ0) is 18.3. The lowest BCUT2D eigenvalue weighted by Gasteiger charge is -2.36. The third kappa shape index (κ3) is 3.67. The highest BCUT2D eigenvalue weighted by molar-refractivity contribution is 6.70. The molecular formula is C21H30O2Si2. The molecule has 1 saturated carbocycles. The SMILES string of the molecule is C[Si](C)(C)O[C@]1(c2ccccc2)C[C@@]1(O[Si](C)(C)C)c1ccccc1. The van der Waals surface area contributed by atoms with Crippen molar-refractivity contribution in [2.24, 2.45) is 0 Å². The van der Waals surface area contributed by atoms with Crippen LogP contribution in [0.3, 0.4) is 0 Å². The van der Waals surface area contributed by atoms with Crippen molar-refractivity contribution in [3.8, 4) is 0 Å². The number of hydrogen-bond acceptors (Lipinski definition) is 2. The zero-order valence-electron chi connectivity index (χ0n) is 16.3. The smallest absolute Gasteiger partial charge is 0.185 e. The Morgan fingerprint density at radius 2 is 0.920 bits per heavy atom. The maximum absolute atomic E-state index is 6.87. The van der Waals surface area contributed by atoms with Gasteiger partial charge in [0.15, 0.2) is 16.6 Å². The summed E-state index contributed by atoms with van der Waals surface area (Å²) in [7, 11) is -3.55. The maximum atomic E-state index is 6.87. The van der Waals surface area contributed by atoms with Gasteiger partial charge in [-0.05, 0) is 50.4 Å². The molecule has 1 fully saturated rings. The van der Waals surface area contributed by atoms with Crippen LogP contribution in [0.5, 0.6) is 0 Å². The van der Waals surface area contributed by atoms with Crippen molar-refractivity contribution < 1.29 is 8.85 Å². The van der Waals surface area contributed by atoms with Crippen LogP contribution in [-0.2, 0) is 20.1 Å². The van der Waals surface area contributed by atoms with E-state index in [0.29, 0.717) is 0 Å². The minimum atomic E-state index is -1.77. The van der Waals surface area contributed by atoms with Gasteiger partial charge in [-0.1, -0.05) is 60.7 Å². The van der Waals surface area contributed by atoms with Crippen LogP contribution in [0.25, 0.3) is 0 Å². The Hall–Kier alpha value is -1.21. The molecule has 0 bridgehead atoms. The largest absolute Gasteiger partial charge is 0.405 e. The van der Waals surface area contributed by atoms with E-state index in [-0.39, 0.29) is 11.2 Å². The molecule has 2 aromatic rings. The van der Waals surface area contributed by atoms with Gasteiger partial charge in [0.25, 0.3) is 0 Å². The van der Waals surface area contributed by atoms with Gasteiger partial charge in [0, 0.05) is 6.42 Å². The predicted octanol–water partition coefficient (Wildman–Crippen LogP) is 5.88. The van der Waals surface area contributed by atoms with E-state index in [1.54, 1.807) is 0 Å². The fourth-order valence-electron chi connectivity index (χ4n) is 3.79. The molecule has 1 aliphatic rings. The summed E-state index contributed by atoms with van der Waals surface area (Å²) in [4.78, 5) is 0. The Balaban J connectivity index is 2.15. The first-order valence-corrected chi connectivity index (χ1v) is 15.9. The Morgan fingerprint density at radius 1 is 0.600 bits per heavy atom. The van der Waals surface area contributed by atoms with Gasteiger partial charge in [0.05, 0.1) is 0 Å². The van der Waals surface area contributed by atoms with E-state index in [9.17, 15) is 0 Å². The number of benzene rings is 2. The number of hydrogen-bond donors (Lipinski definition) is 0. The van der Waals surface area contributed by atoms with E-state index in [1.807, 2.05) is 0 Å². The molecule has 0 aliphatic heterocycles. The second-order valence-electron chi connectivity index (χ2n) is 8.99. The first-order chi connectivity index (χ1) is 11.6. The molecule has 0 N–H and O–H groups in total. The molecule has 2 atom stereocenters. The highest BCUT2D eigenvalue weighted by Crippen LogP contribution is 2.68. The van der Waals surface area contributed by atoms with E-state index < -0.39 is 16.6 Å². The zero-order valence-corrected chi connectivity index (χ0v) is 18.3. The molecule has 3 rings (SSSR count). The van der Waals surface area contributed by atoms with Gasteiger partial charge in [-0.3, -0.25) is 0 Å². The van der Waals surface area contributed by atoms with Crippen LogP contribution in [-0.4, -0.2) is 16.6 Å². The summed E-state index contributed by atoms with van der Waals surface area (Å²) in [5, 5.41) is 0. The van der Waals surface area contributed by atoms with Gasteiger partial charge in [0.1, 0.15) is 11.2 Å². The molecular weight excluding hydrogens is 340 g/mol. The average Bonchev–Trinajstić information content (AvgIpc) is 3.14. The molecule has 25 heavy (non-hydrogen) atoms. The summed E-state index contributed by atoms with van der Waals surface area (Å²) in [5.41, 5.74) is 1.72. The predicted molar refractivity (Wildman–Crippen MR) is 110 cm³/mol. The fraction of sp³-hybridized carbons (Fsp3) is 0.429. The molecule has 0 saturated heterocycles. The summed E-state index contributed by atoms with van der Waals surface area (Å²) >= 11 is 0. The maximum Gasteiger partial charge on any atom is 0.185 e. The summed E-state index contributed by atoms with van der Waals surface area (Å²) < 4.78 is 13.7. The Morgan fingerprint density at radius 3 is 1.20 bits per heavy atom. The first kappa shape index (κ1) is 18.6. The van der Waals surface area contributed by atoms with Crippen molar-refractivity contribution in [1.29, 1.82) is 0 Å². The van der Waals surface area contributed by atoms with Crippen molar-refractivity contribution in [3.05, 3.63) is 71.8 Å². The Labute approximate surface area is 154 Å². The topological polar surface area (TPSA) is 18.5 Å². The molecule has 0 heterocycles. The Bertz CT molecular complexity index is 656. The molecule has 0 unspecified atom stereocenters. The molecule has 2 aromatic carbocycles. The van der Waals surface area contributed by atoms with E-state index in [4.69, 9.17) is 8.85 Å². The van der Waals surface area contributed by atoms with Gasteiger partial charge in [-0.25, -0.2) is 0 Å². The minimum absolute atomic E-state index is 0.375. The van der Waals surface area contributed by atoms with Crippen LogP contribution < -0.4 is 0 Å². The molecule has 2 nitrogen and oxygen atoms in total. The van der Waals surface area contributed by atoms with Gasteiger partial charge in [0.2, 0.25) is 0 Å². The summed E-state index contributed by atoms with van der Waals surface area (Å²) in [6.07, 6.45) is 0.891. The normalized spacial score (nSPS) is 26.5. The monoisotopic (exact) mass is 370 g/mol. The van der Waals surface area contributed by atoms with Gasteiger partial charge in [-0.2, -0.15) is 0 Å². The highest BCUT2D eigenvalue weighted by Gasteiger charge is 2.73. The molecule has 4 heteroatoms. The summed E-state index contributed by atoms with van der Waals surface area (Å²) in [5.74, 6) is 0. The Kier molecular flexibility index (Phi) is 4.61. The van der Waals surface area contributed by atoms with Crippen molar-refractivity contribution in [3.63, 3.8) is 0 Å². The van der Waals surface area contributed by atoms with Gasteiger partial charge >= 0.3 is 0 Å². The quantitative estimate of drug-likeness (QED) is 0.591. The third-order valence-electron chi connectivity index (χ3n) is 4.47. The van der Waals surface area contributed by atoms with Crippen LogP contribution in [0.15, 0.2) is 60.7 Å². The third-order valence-corrected chi connectivity index (χ3v) is 6.39.